The largest absolute Gasteiger partial charge is 0.436 e. The standard InChI is InChI=1S/C42H58N6O6Si/c1-29-23-32(24-33-26-48(44-38(29)33)28-53-21-22-55(3,4)5)36-27-47(20-15-42(36,52)35-25-31-11-7-8-12-37(31)43-39(35)49)41(51)54-30(2)40(50)46-18-13-34(14-19-46)45-16-9-6-10-17-45/h7-8,11-12,23-26,30,34,36,52H,6,9-10,13-22,27-28H2,1-5H3,(H,43,49)/t30-,36?,42?/m1/s1. The predicted octanol–water partition coefficient (Wildman–Crippen LogP) is 6.18. The Bertz CT molecular complexity index is 2060. The van der Waals surface area contributed by atoms with Crippen LogP contribution in [0.5, 0.6) is 0 Å². The Kier molecular flexibility index (Phi) is 11.6. The lowest BCUT2D eigenvalue weighted by molar-refractivity contribution is -0.142. The third-order valence-corrected chi connectivity index (χ3v) is 13.7. The Morgan fingerprint density at radius 1 is 1.00 bits per heavy atom. The molecule has 3 atom stereocenters. The van der Waals surface area contributed by atoms with Crippen molar-refractivity contribution in [3.63, 3.8) is 0 Å². The molecule has 3 aliphatic rings. The Labute approximate surface area is 324 Å². The summed E-state index contributed by atoms with van der Waals surface area (Å²) in [5, 5.41) is 19.2. The molecule has 3 saturated heterocycles. The number of nitrogens with one attached hydrogen (secondary N) is 1. The third-order valence-electron chi connectivity index (χ3n) is 12.0. The second-order valence-corrected chi connectivity index (χ2v) is 22.9. The Hall–Kier alpha value is -4.04. The van der Waals surface area contributed by atoms with Gasteiger partial charge in [-0.05, 0) is 99.8 Å². The number of aliphatic hydroxyl groups is 1. The number of likely N-dealkylation sites (tertiary alicyclic amines) is 3. The molecule has 5 heterocycles. The van der Waals surface area contributed by atoms with Gasteiger partial charge in [-0.15, -0.1) is 0 Å². The van der Waals surface area contributed by atoms with E-state index in [0.29, 0.717) is 38.0 Å². The van der Waals surface area contributed by atoms with Crippen LogP contribution >= 0.6 is 0 Å². The summed E-state index contributed by atoms with van der Waals surface area (Å²) in [5.41, 5.74) is 1.47. The van der Waals surface area contributed by atoms with Gasteiger partial charge in [0.05, 0.1) is 11.1 Å². The molecule has 3 fully saturated rings. The van der Waals surface area contributed by atoms with Crippen LogP contribution in [0.25, 0.3) is 21.8 Å². The molecule has 2 unspecified atom stereocenters. The van der Waals surface area contributed by atoms with E-state index in [-0.39, 0.29) is 36.5 Å². The number of nitrogens with zero attached hydrogens (tertiary/aromatic N) is 5. The van der Waals surface area contributed by atoms with Crippen LogP contribution in [0.3, 0.4) is 0 Å². The fraction of sp³-hybridized carbons (Fsp3) is 0.571. The van der Waals surface area contributed by atoms with E-state index in [1.165, 1.54) is 19.3 Å². The van der Waals surface area contributed by atoms with Gasteiger partial charge in [0.1, 0.15) is 12.3 Å². The molecule has 7 rings (SSSR count). The van der Waals surface area contributed by atoms with Gasteiger partial charge < -0.3 is 34.3 Å². The molecule has 4 aromatic rings. The molecule has 296 valence electrons. The molecule has 0 spiro atoms. The average Bonchev–Trinajstić information content (AvgIpc) is 3.59. The molecular formula is C42H58N6O6Si. The van der Waals surface area contributed by atoms with Gasteiger partial charge in [-0.1, -0.05) is 50.3 Å². The number of benzene rings is 2. The number of hydrogen-bond donors (Lipinski definition) is 2. The van der Waals surface area contributed by atoms with Crippen LogP contribution in [0, 0.1) is 6.92 Å². The van der Waals surface area contributed by atoms with Crippen LogP contribution in [-0.2, 0) is 26.6 Å². The molecule has 12 nitrogen and oxygen atoms in total. The van der Waals surface area contributed by atoms with Gasteiger partial charge in [-0.2, -0.15) is 5.10 Å². The number of aromatic amines is 1. The maximum absolute atomic E-state index is 13.8. The van der Waals surface area contributed by atoms with Gasteiger partial charge in [0.15, 0.2) is 6.10 Å². The summed E-state index contributed by atoms with van der Waals surface area (Å²) >= 11 is 0. The van der Waals surface area contributed by atoms with Crippen LogP contribution in [0.2, 0.25) is 25.7 Å². The summed E-state index contributed by atoms with van der Waals surface area (Å²) in [5.74, 6) is -0.865. The summed E-state index contributed by atoms with van der Waals surface area (Å²) in [4.78, 5) is 50.0. The minimum atomic E-state index is -1.61. The maximum Gasteiger partial charge on any atom is 0.410 e. The van der Waals surface area contributed by atoms with Crippen molar-refractivity contribution in [1.82, 2.24) is 29.5 Å². The number of amides is 2. The molecule has 3 aliphatic heterocycles. The molecule has 2 aromatic heterocycles. The number of fused-ring (bicyclic) bond motifs is 2. The van der Waals surface area contributed by atoms with E-state index in [4.69, 9.17) is 14.6 Å². The smallest absolute Gasteiger partial charge is 0.410 e. The average molecular weight is 771 g/mol. The number of piperidine rings is 3. The van der Waals surface area contributed by atoms with E-state index < -0.39 is 31.8 Å². The monoisotopic (exact) mass is 770 g/mol. The molecule has 2 amide bonds. The van der Waals surface area contributed by atoms with Crippen LogP contribution in [0.15, 0.2) is 53.5 Å². The Morgan fingerprint density at radius 3 is 2.49 bits per heavy atom. The summed E-state index contributed by atoms with van der Waals surface area (Å²) < 4.78 is 13.6. The summed E-state index contributed by atoms with van der Waals surface area (Å²) in [6.45, 7) is 15.4. The zero-order valence-corrected chi connectivity index (χ0v) is 34.2. The van der Waals surface area contributed by atoms with E-state index in [9.17, 15) is 19.5 Å². The van der Waals surface area contributed by atoms with Crippen LogP contribution in [0.4, 0.5) is 4.79 Å². The lowest BCUT2D eigenvalue weighted by Gasteiger charge is -2.44. The van der Waals surface area contributed by atoms with Crippen molar-refractivity contribution < 1.29 is 24.2 Å². The fourth-order valence-electron chi connectivity index (χ4n) is 8.74. The van der Waals surface area contributed by atoms with Gasteiger partial charge >= 0.3 is 6.09 Å². The number of H-pyrrole nitrogens is 1. The number of carbonyl (C=O) groups excluding carboxylic acids is 2. The molecule has 2 aromatic carbocycles. The van der Waals surface area contributed by atoms with Crippen LogP contribution in [0.1, 0.15) is 68.1 Å². The van der Waals surface area contributed by atoms with Crippen molar-refractivity contribution in [2.75, 3.05) is 45.9 Å². The van der Waals surface area contributed by atoms with Gasteiger partial charge in [-0.25, -0.2) is 9.48 Å². The van der Waals surface area contributed by atoms with Crippen molar-refractivity contribution in [2.24, 2.45) is 0 Å². The number of carbonyl (C=O) groups is 2. The zero-order valence-electron chi connectivity index (χ0n) is 33.2. The molecule has 55 heavy (non-hydrogen) atoms. The number of hydrogen-bond acceptors (Lipinski definition) is 8. The molecule has 0 radical (unpaired) electrons. The van der Waals surface area contributed by atoms with Gasteiger partial charge in [0, 0.05) is 69.9 Å². The second-order valence-electron chi connectivity index (χ2n) is 17.2. The number of pyridine rings is 1. The summed E-state index contributed by atoms with van der Waals surface area (Å²) in [6.07, 6.45) is 6.14. The van der Waals surface area contributed by atoms with Crippen molar-refractivity contribution in [1.29, 1.82) is 0 Å². The quantitative estimate of drug-likeness (QED) is 0.145. The fourth-order valence-corrected chi connectivity index (χ4v) is 9.50. The number of aromatic nitrogens is 3. The lowest BCUT2D eigenvalue weighted by atomic mass is 9.72. The Morgan fingerprint density at radius 2 is 1.75 bits per heavy atom. The summed E-state index contributed by atoms with van der Waals surface area (Å²) in [6, 6.07) is 14.8. The first-order valence-electron chi connectivity index (χ1n) is 20.2. The third kappa shape index (κ3) is 8.69. The Balaban J connectivity index is 1.11. The molecule has 13 heteroatoms. The highest BCUT2D eigenvalue weighted by Gasteiger charge is 2.47. The second kappa shape index (κ2) is 16.2. The highest BCUT2D eigenvalue weighted by atomic mass is 28.3. The first-order valence-corrected chi connectivity index (χ1v) is 23.9. The number of ether oxygens (including phenoxy) is 2. The molecular weight excluding hydrogens is 713 g/mol. The SMILES string of the molecule is Cc1cc(C2CN(C(=O)O[C@H](C)C(=O)N3CCC(N4CCCCC4)CC3)CCC2(O)c2cc3ccccc3[nH]c2=O)cc2cn(COCC[Si](C)(C)C)nc12. The van der Waals surface area contributed by atoms with Gasteiger partial charge in [-0.3, -0.25) is 9.59 Å². The summed E-state index contributed by atoms with van der Waals surface area (Å²) in [7, 11) is -1.23. The number of rotatable bonds is 10. The van der Waals surface area contributed by atoms with Gasteiger partial charge in [0.25, 0.3) is 11.5 Å². The lowest BCUT2D eigenvalue weighted by Crippen LogP contribution is -2.53. The van der Waals surface area contributed by atoms with E-state index in [2.05, 4.69) is 29.5 Å². The molecule has 2 N–H and O–H groups in total. The first-order chi connectivity index (χ1) is 26.3. The van der Waals surface area contributed by atoms with Gasteiger partial charge in [0.2, 0.25) is 0 Å². The highest BCUT2D eigenvalue weighted by molar-refractivity contribution is 6.76. The number of para-hydroxylation sites is 1. The van der Waals surface area contributed by atoms with Crippen molar-refractivity contribution in [3.05, 3.63) is 75.7 Å². The van der Waals surface area contributed by atoms with E-state index in [1.807, 2.05) is 54.4 Å². The number of aryl methyl sites for hydroxylation is 1. The first kappa shape index (κ1) is 39.2. The molecule has 0 bridgehead atoms. The van der Waals surface area contributed by atoms with Crippen LogP contribution < -0.4 is 5.56 Å². The highest BCUT2D eigenvalue weighted by Crippen LogP contribution is 2.44. The van der Waals surface area contributed by atoms with E-state index in [0.717, 1.165) is 59.4 Å². The van der Waals surface area contributed by atoms with Crippen molar-refractivity contribution in [2.45, 2.75) is 108 Å². The van der Waals surface area contributed by atoms with Crippen molar-refractivity contribution in [3.8, 4) is 0 Å². The predicted molar refractivity (Wildman–Crippen MR) is 217 cm³/mol. The molecule has 0 saturated carbocycles. The topological polar surface area (TPSA) is 133 Å². The normalized spacial score (nSPS) is 22.3. The molecule has 0 aliphatic carbocycles. The minimum Gasteiger partial charge on any atom is -0.436 e. The van der Waals surface area contributed by atoms with Crippen LogP contribution in [-0.4, -0.2) is 113 Å². The maximum atomic E-state index is 13.8. The van der Waals surface area contributed by atoms with Crippen molar-refractivity contribution >= 4 is 41.9 Å². The van der Waals surface area contributed by atoms with E-state index >= 15 is 0 Å². The van der Waals surface area contributed by atoms with E-state index in [1.54, 1.807) is 22.6 Å². The zero-order chi connectivity index (χ0) is 38.9. The minimum absolute atomic E-state index is 0.0859.